The Labute approximate surface area is 255 Å². The van der Waals surface area contributed by atoms with Crippen LogP contribution in [0.15, 0.2) is 34.8 Å². The maximum Gasteiger partial charge on any atom is 0.309 e. The van der Waals surface area contributed by atoms with E-state index >= 15 is 0 Å². The number of rotatable bonds is 8. The quantitative estimate of drug-likeness (QED) is 0.207. The van der Waals surface area contributed by atoms with Crippen LogP contribution in [-0.4, -0.2) is 52.7 Å². The molecule has 0 unspecified atom stereocenters. The smallest absolute Gasteiger partial charge is 0.309 e. The fourth-order valence-corrected chi connectivity index (χ4v) is 5.63. The first-order valence-corrected chi connectivity index (χ1v) is 15.9. The average molecular weight is 603 g/mol. The molecule has 5 atom stereocenters. The highest BCUT2D eigenvalue weighted by atomic mass is 32.1. The Morgan fingerprint density at radius 2 is 1.95 bits per heavy atom. The van der Waals surface area contributed by atoms with E-state index in [4.69, 9.17) is 15.2 Å². The van der Waals surface area contributed by atoms with E-state index in [1.54, 1.807) is 32.1 Å². The van der Waals surface area contributed by atoms with Crippen molar-refractivity contribution in [1.82, 2.24) is 4.98 Å². The Balaban J connectivity index is 2.36. The summed E-state index contributed by atoms with van der Waals surface area (Å²) in [5, 5.41) is 14.0. The van der Waals surface area contributed by atoms with Gasteiger partial charge >= 0.3 is 11.9 Å². The zero-order valence-corrected chi connectivity index (χ0v) is 27.2. The molecule has 0 saturated carbocycles. The minimum atomic E-state index is -1.28. The lowest BCUT2D eigenvalue weighted by atomic mass is 9.73. The van der Waals surface area contributed by atoms with Crippen LogP contribution in [0, 0.1) is 24.2 Å². The Morgan fingerprint density at radius 1 is 1.24 bits per heavy atom. The predicted octanol–water partition coefficient (Wildman–Crippen LogP) is 6.11. The third-order valence-corrected chi connectivity index (χ3v) is 8.75. The van der Waals surface area contributed by atoms with Gasteiger partial charge < -0.3 is 20.3 Å². The molecule has 8 nitrogen and oxygen atoms in total. The van der Waals surface area contributed by atoms with Crippen LogP contribution in [0.4, 0.5) is 0 Å². The van der Waals surface area contributed by atoms with Gasteiger partial charge in [-0.05, 0) is 58.2 Å². The number of Topliss-reactive ketones (excluding diaryl/α,β-unsaturated/α-hetero) is 1. The summed E-state index contributed by atoms with van der Waals surface area (Å²) >= 11 is 1.55. The van der Waals surface area contributed by atoms with E-state index in [-0.39, 0.29) is 30.5 Å². The molecule has 42 heavy (non-hydrogen) atoms. The standard InChI is InChI=1S/C33H50N2O6S/c1-21-12-11-13-22(2)31(41-29(37)14-9-8-10-17-34)24(4)32(39)33(6,7)28(36)19-30(38)40-27(16-15-21)23(3)18-26-20-42-25(5)35-26/h11,13,15,18,20,22,24,27-28,31,36H,8-10,12,14,16-17,19,34H2,1-7H3/b13-11-,21-15-,23-18+/t22-,24+,27-,28-,31-/m0/s1. The van der Waals surface area contributed by atoms with Crippen molar-refractivity contribution in [2.45, 2.75) is 112 Å². The van der Waals surface area contributed by atoms with Gasteiger partial charge in [-0.15, -0.1) is 11.3 Å². The molecule has 0 fully saturated rings. The molecule has 0 amide bonds. The molecular formula is C33H50N2O6S. The Bertz CT molecular complexity index is 1150. The van der Waals surface area contributed by atoms with Crippen LogP contribution >= 0.6 is 11.3 Å². The number of ketones is 1. The first kappa shape index (κ1) is 35.6. The largest absolute Gasteiger partial charge is 0.461 e. The summed E-state index contributed by atoms with van der Waals surface area (Å²) in [5.41, 5.74) is 7.01. The SMILES string of the molecule is C/C1=C/C[C@@H](/C(C)=C/c2csc(C)n2)OC(=O)C[C@H](O)C(C)(C)C(=O)[C@H](C)[C@@H](OC(=O)CCCCCN)[C@@H](C)/C=C\C1. The molecule has 2 rings (SSSR count). The van der Waals surface area contributed by atoms with Crippen molar-refractivity contribution in [2.24, 2.45) is 23.0 Å². The molecule has 0 aromatic carbocycles. The Kier molecular flexibility index (Phi) is 14.3. The summed E-state index contributed by atoms with van der Waals surface area (Å²) in [6.07, 6.45) is 8.82. The first-order chi connectivity index (χ1) is 19.8. The normalized spacial score (nSPS) is 28.5. The number of hydrogen-bond donors (Lipinski definition) is 2. The summed E-state index contributed by atoms with van der Waals surface area (Å²) < 4.78 is 11.8. The highest BCUT2D eigenvalue weighted by Crippen LogP contribution is 2.33. The number of carbonyl (C=O) groups is 3. The number of hydrogen-bond acceptors (Lipinski definition) is 9. The van der Waals surface area contributed by atoms with Crippen LogP contribution in [0.1, 0.15) is 97.2 Å². The minimum absolute atomic E-state index is 0.241. The van der Waals surface area contributed by atoms with Crippen LogP contribution in [0.3, 0.4) is 0 Å². The highest BCUT2D eigenvalue weighted by Gasteiger charge is 2.43. The van der Waals surface area contributed by atoms with Gasteiger partial charge in [0.2, 0.25) is 0 Å². The van der Waals surface area contributed by atoms with Gasteiger partial charge in [0, 0.05) is 24.1 Å². The van der Waals surface area contributed by atoms with E-state index in [0.29, 0.717) is 25.8 Å². The molecular weight excluding hydrogens is 552 g/mol. The molecule has 9 heteroatoms. The van der Waals surface area contributed by atoms with Crippen LogP contribution in [0.5, 0.6) is 0 Å². The third-order valence-electron chi connectivity index (χ3n) is 7.96. The zero-order chi connectivity index (χ0) is 31.4. The van der Waals surface area contributed by atoms with Crippen molar-refractivity contribution in [3.63, 3.8) is 0 Å². The number of cyclic esters (lactones) is 1. The van der Waals surface area contributed by atoms with Gasteiger partial charge in [0.05, 0.1) is 34.6 Å². The van der Waals surface area contributed by atoms with Crippen molar-refractivity contribution in [3.05, 3.63) is 45.5 Å². The molecule has 1 aromatic rings. The highest BCUT2D eigenvalue weighted by molar-refractivity contribution is 7.09. The fraction of sp³-hybridized carbons (Fsp3) is 0.636. The molecule has 1 aromatic heterocycles. The molecule has 0 radical (unpaired) electrons. The number of aliphatic hydroxyl groups is 1. The second kappa shape index (κ2) is 16.9. The molecule has 0 spiro atoms. The van der Waals surface area contributed by atoms with Gasteiger partial charge in [-0.25, -0.2) is 4.98 Å². The summed E-state index contributed by atoms with van der Waals surface area (Å²) in [7, 11) is 0. The lowest BCUT2D eigenvalue weighted by Gasteiger charge is -2.35. The molecule has 2 heterocycles. The van der Waals surface area contributed by atoms with Crippen LogP contribution < -0.4 is 5.73 Å². The van der Waals surface area contributed by atoms with Crippen LogP contribution in [0.2, 0.25) is 0 Å². The number of esters is 2. The fourth-order valence-electron chi connectivity index (χ4n) is 5.06. The third kappa shape index (κ3) is 10.9. The second-order valence-corrected chi connectivity index (χ2v) is 13.1. The Hall–Kier alpha value is -2.62. The summed E-state index contributed by atoms with van der Waals surface area (Å²) in [4.78, 5) is 44.1. The number of unbranched alkanes of at least 4 members (excludes halogenated alkanes) is 2. The Morgan fingerprint density at radius 3 is 2.60 bits per heavy atom. The van der Waals surface area contributed by atoms with Gasteiger partial charge in [0.15, 0.2) is 0 Å². The van der Waals surface area contributed by atoms with Gasteiger partial charge in [0.1, 0.15) is 18.0 Å². The van der Waals surface area contributed by atoms with E-state index in [1.807, 2.05) is 57.4 Å². The van der Waals surface area contributed by atoms with Crippen molar-refractivity contribution < 1.29 is 29.0 Å². The number of aryl methyl sites for hydroxylation is 1. The second-order valence-electron chi connectivity index (χ2n) is 12.1. The van der Waals surface area contributed by atoms with E-state index in [0.717, 1.165) is 34.7 Å². The number of aliphatic hydroxyl groups excluding tert-OH is 1. The van der Waals surface area contributed by atoms with Gasteiger partial charge in [-0.2, -0.15) is 0 Å². The summed E-state index contributed by atoms with van der Waals surface area (Å²) in [6.45, 7) is 13.3. The van der Waals surface area contributed by atoms with Gasteiger partial charge in [0.25, 0.3) is 0 Å². The van der Waals surface area contributed by atoms with Crippen molar-refractivity contribution in [2.75, 3.05) is 6.54 Å². The molecule has 3 N–H and O–H groups in total. The maximum absolute atomic E-state index is 13.8. The van der Waals surface area contributed by atoms with E-state index in [2.05, 4.69) is 4.98 Å². The van der Waals surface area contributed by atoms with Crippen molar-refractivity contribution in [3.8, 4) is 0 Å². The molecule has 1 aliphatic heterocycles. The molecule has 0 bridgehead atoms. The molecule has 0 aliphatic carbocycles. The van der Waals surface area contributed by atoms with Crippen molar-refractivity contribution >= 4 is 35.1 Å². The monoisotopic (exact) mass is 602 g/mol. The van der Waals surface area contributed by atoms with E-state index in [1.165, 1.54) is 0 Å². The van der Waals surface area contributed by atoms with Gasteiger partial charge in [-0.1, -0.05) is 57.9 Å². The lowest BCUT2D eigenvalue weighted by Crippen LogP contribution is -2.46. The number of nitrogens with zero attached hydrogens (tertiary/aromatic N) is 1. The topological polar surface area (TPSA) is 129 Å². The maximum atomic E-state index is 13.8. The number of nitrogens with two attached hydrogens (primary N) is 1. The number of carbonyl (C=O) groups excluding carboxylic acids is 3. The van der Waals surface area contributed by atoms with Gasteiger partial charge in [-0.3, -0.25) is 14.4 Å². The summed E-state index contributed by atoms with van der Waals surface area (Å²) in [5.74, 6) is -2.17. The number of aromatic nitrogens is 1. The first-order valence-electron chi connectivity index (χ1n) is 15.0. The zero-order valence-electron chi connectivity index (χ0n) is 26.4. The van der Waals surface area contributed by atoms with E-state index in [9.17, 15) is 19.5 Å². The summed E-state index contributed by atoms with van der Waals surface area (Å²) in [6, 6.07) is 0. The van der Waals surface area contributed by atoms with Crippen molar-refractivity contribution in [1.29, 1.82) is 0 Å². The number of thiazole rings is 1. The minimum Gasteiger partial charge on any atom is -0.461 e. The molecule has 0 saturated heterocycles. The lowest BCUT2D eigenvalue weighted by molar-refractivity contribution is -0.159. The average Bonchev–Trinajstić information content (AvgIpc) is 3.34. The number of ether oxygens (including phenoxy) is 2. The van der Waals surface area contributed by atoms with E-state index < -0.39 is 35.6 Å². The van der Waals surface area contributed by atoms with Crippen LogP contribution in [-0.2, 0) is 23.9 Å². The molecule has 234 valence electrons. The predicted molar refractivity (Wildman–Crippen MR) is 168 cm³/mol. The number of allylic oxidation sites excluding steroid dienone is 2. The van der Waals surface area contributed by atoms with Crippen LogP contribution in [0.25, 0.3) is 6.08 Å². The molecule has 1 aliphatic rings.